The van der Waals surface area contributed by atoms with Crippen LogP contribution < -0.4 is 14.8 Å². The summed E-state index contributed by atoms with van der Waals surface area (Å²) in [7, 11) is -1.97. The van der Waals surface area contributed by atoms with Gasteiger partial charge in [-0.3, -0.25) is 0 Å². The number of rotatable bonds is 5. The summed E-state index contributed by atoms with van der Waals surface area (Å²) in [5.41, 5.74) is 0. The lowest BCUT2D eigenvalue weighted by Gasteiger charge is -2.22. The second kappa shape index (κ2) is 7.44. The Bertz CT molecular complexity index is 484. The van der Waals surface area contributed by atoms with E-state index in [1.165, 1.54) is 18.4 Å². The minimum absolute atomic E-state index is 0. The molecule has 2 heterocycles. The third-order valence-corrected chi connectivity index (χ3v) is 5.89. The number of methoxy groups -OCH3 is 1. The first-order valence-corrected chi connectivity index (χ1v) is 8.31. The molecule has 1 saturated heterocycles. The number of ether oxygens (including phenoxy) is 1. The molecule has 1 aromatic rings. The van der Waals surface area contributed by atoms with E-state index in [1.54, 1.807) is 11.4 Å². The van der Waals surface area contributed by atoms with Crippen molar-refractivity contribution >= 4 is 33.8 Å². The molecule has 0 amide bonds. The first-order valence-electron chi connectivity index (χ1n) is 5.95. The Balaban J connectivity index is 0.00000180. The summed E-state index contributed by atoms with van der Waals surface area (Å²) in [5, 5.41) is 4.99. The van der Waals surface area contributed by atoms with Gasteiger partial charge in [-0.1, -0.05) is 0 Å². The molecule has 2 rings (SSSR count). The standard InChI is InChI=1S/C11H18N2O3S2.ClH/c1-16-10-4-6-17-11(10)18(14,15)13-8-9-3-2-5-12-7-9;/h4,6,9,12-13H,2-3,5,7-8H2,1H3;1H. The van der Waals surface area contributed by atoms with E-state index in [-0.39, 0.29) is 16.6 Å². The summed E-state index contributed by atoms with van der Waals surface area (Å²) in [5.74, 6) is 0.786. The maximum atomic E-state index is 12.1. The van der Waals surface area contributed by atoms with E-state index in [0.717, 1.165) is 25.9 Å². The highest BCUT2D eigenvalue weighted by molar-refractivity contribution is 7.91. The molecule has 1 aliphatic rings. The molecule has 0 aliphatic carbocycles. The zero-order chi connectivity index (χ0) is 13.0. The van der Waals surface area contributed by atoms with Crippen LogP contribution in [0, 0.1) is 5.92 Å². The molecule has 1 fully saturated rings. The van der Waals surface area contributed by atoms with Crippen LogP contribution in [0.25, 0.3) is 0 Å². The minimum atomic E-state index is -3.44. The van der Waals surface area contributed by atoms with Crippen molar-refractivity contribution in [2.75, 3.05) is 26.7 Å². The molecule has 1 unspecified atom stereocenters. The Morgan fingerprint density at radius 1 is 1.58 bits per heavy atom. The molecular weight excluding hydrogens is 308 g/mol. The molecule has 110 valence electrons. The van der Waals surface area contributed by atoms with Crippen molar-refractivity contribution in [2.45, 2.75) is 17.1 Å². The van der Waals surface area contributed by atoms with E-state index in [4.69, 9.17) is 4.74 Å². The Hall–Kier alpha value is -0.340. The van der Waals surface area contributed by atoms with Gasteiger partial charge in [-0.2, -0.15) is 0 Å². The number of halogens is 1. The smallest absolute Gasteiger partial charge is 0.253 e. The van der Waals surface area contributed by atoms with Crippen LogP contribution in [0.2, 0.25) is 0 Å². The molecule has 5 nitrogen and oxygen atoms in total. The Morgan fingerprint density at radius 2 is 2.37 bits per heavy atom. The van der Waals surface area contributed by atoms with Crippen LogP contribution in [-0.4, -0.2) is 35.2 Å². The van der Waals surface area contributed by atoms with Crippen LogP contribution in [0.15, 0.2) is 15.7 Å². The minimum Gasteiger partial charge on any atom is -0.494 e. The largest absolute Gasteiger partial charge is 0.494 e. The van der Waals surface area contributed by atoms with Crippen LogP contribution in [-0.2, 0) is 10.0 Å². The van der Waals surface area contributed by atoms with E-state index >= 15 is 0 Å². The van der Waals surface area contributed by atoms with E-state index in [0.29, 0.717) is 18.2 Å². The van der Waals surface area contributed by atoms with Crippen molar-refractivity contribution in [2.24, 2.45) is 5.92 Å². The summed E-state index contributed by atoms with van der Waals surface area (Å²) in [6, 6.07) is 1.67. The molecular formula is C11H19ClN2O3S2. The molecule has 2 N–H and O–H groups in total. The van der Waals surface area contributed by atoms with Gasteiger partial charge in [0.1, 0.15) is 5.75 Å². The quantitative estimate of drug-likeness (QED) is 0.859. The summed E-state index contributed by atoms with van der Waals surface area (Å²) < 4.78 is 32.2. The summed E-state index contributed by atoms with van der Waals surface area (Å²) in [4.78, 5) is 0. The van der Waals surface area contributed by atoms with Crippen molar-refractivity contribution < 1.29 is 13.2 Å². The van der Waals surface area contributed by atoms with Crippen molar-refractivity contribution in [3.63, 3.8) is 0 Å². The monoisotopic (exact) mass is 326 g/mol. The molecule has 0 spiro atoms. The van der Waals surface area contributed by atoms with Gasteiger partial charge in [-0.15, -0.1) is 23.7 Å². The highest BCUT2D eigenvalue weighted by Gasteiger charge is 2.23. The lowest BCUT2D eigenvalue weighted by atomic mass is 10.0. The number of nitrogens with one attached hydrogen (secondary N) is 2. The molecule has 0 radical (unpaired) electrons. The molecule has 0 saturated carbocycles. The van der Waals surface area contributed by atoms with Crippen molar-refractivity contribution in [3.8, 4) is 5.75 Å². The van der Waals surface area contributed by atoms with Crippen LogP contribution >= 0.6 is 23.7 Å². The number of hydrogen-bond acceptors (Lipinski definition) is 5. The van der Waals surface area contributed by atoms with Gasteiger partial charge >= 0.3 is 0 Å². The predicted molar refractivity (Wildman–Crippen MR) is 78.9 cm³/mol. The van der Waals surface area contributed by atoms with E-state index < -0.39 is 10.0 Å². The second-order valence-electron chi connectivity index (χ2n) is 4.34. The van der Waals surface area contributed by atoms with Crippen molar-refractivity contribution in [1.82, 2.24) is 10.0 Å². The molecule has 0 bridgehead atoms. The Kier molecular flexibility index (Phi) is 6.55. The average molecular weight is 327 g/mol. The lowest BCUT2D eigenvalue weighted by Crippen LogP contribution is -2.37. The first kappa shape index (κ1) is 16.7. The Labute approximate surface area is 124 Å². The van der Waals surface area contributed by atoms with Crippen molar-refractivity contribution in [3.05, 3.63) is 11.4 Å². The van der Waals surface area contributed by atoms with Crippen LogP contribution in [0.1, 0.15) is 12.8 Å². The summed E-state index contributed by atoms with van der Waals surface area (Å²) in [6.45, 7) is 2.39. The fraction of sp³-hybridized carbons (Fsp3) is 0.636. The molecule has 8 heteroatoms. The molecule has 1 atom stereocenters. The van der Waals surface area contributed by atoms with Gasteiger partial charge in [0.2, 0.25) is 0 Å². The lowest BCUT2D eigenvalue weighted by molar-refractivity contribution is 0.375. The maximum Gasteiger partial charge on any atom is 0.253 e. The molecule has 19 heavy (non-hydrogen) atoms. The number of thiophene rings is 1. The van der Waals surface area contributed by atoms with Gasteiger partial charge in [0.15, 0.2) is 4.21 Å². The van der Waals surface area contributed by atoms with Crippen LogP contribution in [0.3, 0.4) is 0 Å². The highest BCUT2D eigenvalue weighted by Crippen LogP contribution is 2.29. The fourth-order valence-electron chi connectivity index (χ4n) is 2.02. The number of piperidine rings is 1. The third kappa shape index (κ3) is 4.32. The van der Waals surface area contributed by atoms with Crippen molar-refractivity contribution in [1.29, 1.82) is 0 Å². The van der Waals surface area contributed by atoms with Gasteiger partial charge in [-0.25, -0.2) is 13.1 Å². The second-order valence-corrected chi connectivity index (χ2v) is 7.22. The van der Waals surface area contributed by atoms with E-state index in [9.17, 15) is 8.42 Å². The zero-order valence-electron chi connectivity index (χ0n) is 10.7. The van der Waals surface area contributed by atoms with Gasteiger partial charge in [0.25, 0.3) is 10.0 Å². The van der Waals surface area contributed by atoms with Gasteiger partial charge in [0.05, 0.1) is 7.11 Å². The van der Waals surface area contributed by atoms with Gasteiger partial charge < -0.3 is 10.1 Å². The van der Waals surface area contributed by atoms with E-state index in [2.05, 4.69) is 10.0 Å². The topological polar surface area (TPSA) is 67.4 Å². The summed E-state index contributed by atoms with van der Waals surface area (Å²) in [6.07, 6.45) is 2.17. The first-order chi connectivity index (χ1) is 8.63. The maximum absolute atomic E-state index is 12.1. The number of hydrogen-bond donors (Lipinski definition) is 2. The fourth-order valence-corrected chi connectivity index (χ4v) is 4.46. The van der Waals surface area contributed by atoms with Gasteiger partial charge in [-0.05, 0) is 43.3 Å². The SMILES string of the molecule is COc1ccsc1S(=O)(=O)NCC1CCCNC1.Cl. The van der Waals surface area contributed by atoms with Crippen LogP contribution in [0.4, 0.5) is 0 Å². The molecule has 1 aromatic heterocycles. The Morgan fingerprint density at radius 3 is 3.00 bits per heavy atom. The third-order valence-electron chi connectivity index (χ3n) is 3.02. The molecule has 0 aromatic carbocycles. The molecule has 1 aliphatic heterocycles. The van der Waals surface area contributed by atoms with Gasteiger partial charge in [0, 0.05) is 6.54 Å². The van der Waals surface area contributed by atoms with Crippen LogP contribution in [0.5, 0.6) is 5.75 Å². The zero-order valence-corrected chi connectivity index (χ0v) is 13.2. The predicted octanol–water partition coefficient (Wildman–Crippen LogP) is 1.46. The normalized spacial score (nSPS) is 19.7. The van der Waals surface area contributed by atoms with E-state index in [1.807, 2.05) is 0 Å². The summed E-state index contributed by atoms with van der Waals surface area (Å²) >= 11 is 1.18. The average Bonchev–Trinajstić information content (AvgIpc) is 2.87. The highest BCUT2D eigenvalue weighted by atomic mass is 35.5. The number of sulfonamides is 1.